The zero-order valence-electron chi connectivity index (χ0n) is 12.3. The topological polar surface area (TPSA) is 69.6 Å². The minimum Gasteiger partial charge on any atom is -0.478 e. The van der Waals surface area contributed by atoms with Crippen molar-refractivity contribution in [1.29, 1.82) is 0 Å². The molecule has 0 aliphatic carbocycles. The number of hydrogen-bond donors (Lipinski definition) is 2. The maximum Gasteiger partial charge on any atom is 0.335 e. The highest BCUT2D eigenvalue weighted by Crippen LogP contribution is 2.27. The van der Waals surface area contributed by atoms with Crippen LogP contribution in [0.15, 0.2) is 18.2 Å². The van der Waals surface area contributed by atoms with Gasteiger partial charge in [0.15, 0.2) is 0 Å². The Morgan fingerprint density at radius 1 is 1.30 bits per heavy atom. The molecule has 1 rings (SSSR count). The Morgan fingerprint density at radius 2 is 2.00 bits per heavy atom. The summed E-state index contributed by atoms with van der Waals surface area (Å²) in [6.07, 6.45) is 2.47. The van der Waals surface area contributed by atoms with Gasteiger partial charge >= 0.3 is 5.97 Å². The van der Waals surface area contributed by atoms with E-state index in [1.165, 1.54) is 6.07 Å². The van der Waals surface area contributed by atoms with Gasteiger partial charge in [0.1, 0.15) is 0 Å². The molecule has 0 saturated heterocycles. The largest absolute Gasteiger partial charge is 0.478 e. The van der Waals surface area contributed by atoms with Crippen LogP contribution in [0.4, 0.5) is 11.4 Å². The number of aromatic carboxylic acids is 1. The molecule has 0 aliphatic heterocycles. The number of benzene rings is 1. The fourth-order valence-electron chi connectivity index (χ4n) is 1.86. The standard InChI is InChI=1S/C15H22N2O3/c1-4-6-9-17(3)13-8-7-11(15(19)20)10-12(13)16-14(18)5-2/h7-8,10H,4-6,9H2,1-3H3,(H,16,18)(H,19,20). The van der Waals surface area contributed by atoms with Gasteiger partial charge in [0.05, 0.1) is 16.9 Å². The molecule has 0 unspecified atom stereocenters. The Bertz CT molecular complexity index is 486. The third kappa shape index (κ3) is 4.26. The Morgan fingerprint density at radius 3 is 2.55 bits per heavy atom. The quantitative estimate of drug-likeness (QED) is 0.804. The molecule has 0 bridgehead atoms. The Hall–Kier alpha value is -2.04. The molecule has 1 amide bonds. The molecule has 20 heavy (non-hydrogen) atoms. The molecule has 0 fully saturated rings. The van der Waals surface area contributed by atoms with Crippen LogP contribution in [0.1, 0.15) is 43.5 Å². The first-order valence-corrected chi connectivity index (χ1v) is 6.87. The van der Waals surface area contributed by atoms with Crippen molar-refractivity contribution < 1.29 is 14.7 Å². The average Bonchev–Trinajstić information content (AvgIpc) is 2.44. The molecule has 0 heterocycles. The molecule has 2 N–H and O–H groups in total. The van der Waals surface area contributed by atoms with Gasteiger partial charge in [-0.3, -0.25) is 4.79 Å². The van der Waals surface area contributed by atoms with E-state index >= 15 is 0 Å². The van der Waals surface area contributed by atoms with E-state index in [-0.39, 0.29) is 11.5 Å². The van der Waals surface area contributed by atoms with Crippen LogP contribution in [0.2, 0.25) is 0 Å². The maximum atomic E-state index is 11.6. The predicted molar refractivity (Wildman–Crippen MR) is 80.5 cm³/mol. The molecule has 0 spiro atoms. The predicted octanol–water partition coefficient (Wildman–Crippen LogP) is 2.97. The van der Waals surface area contributed by atoms with Crippen molar-refractivity contribution in [1.82, 2.24) is 0 Å². The number of nitrogens with one attached hydrogen (secondary N) is 1. The number of anilines is 2. The van der Waals surface area contributed by atoms with Crippen molar-refractivity contribution >= 4 is 23.3 Å². The first-order valence-electron chi connectivity index (χ1n) is 6.87. The second-order valence-corrected chi connectivity index (χ2v) is 4.71. The number of carboxylic acids is 1. The van der Waals surface area contributed by atoms with Crippen molar-refractivity contribution in [3.8, 4) is 0 Å². The van der Waals surface area contributed by atoms with Crippen LogP contribution >= 0.6 is 0 Å². The number of rotatable bonds is 7. The van der Waals surface area contributed by atoms with Gasteiger partial charge in [0, 0.05) is 20.0 Å². The maximum absolute atomic E-state index is 11.6. The number of carbonyl (C=O) groups is 2. The van der Waals surface area contributed by atoms with E-state index in [1.807, 2.05) is 11.9 Å². The molecule has 0 atom stereocenters. The van der Waals surface area contributed by atoms with E-state index in [4.69, 9.17) is 5.11 Å². The molecule has 0 aromatic heterocycles. The summed E-state index contributed by atoms with van der Waals surface area (Å²) < 4.78 is 0. The summed E-state index contributed by atoms with van der Waals surface area (Å²) >= 11 is 0. The zero-order valence-corrected chi connectivity index (χ0v) is 12.3. The monoisotopic (exact) mass is 278 g/mol. The van der Waals surface area contributed by atoms with Gasteiger partial charge in [-0.1, -0.05) is 20.3 Å². The minimum absolute atomic E-state index is 0.127. The highest BCUT2D eigenvalue weighted by Gasteiger charge is 2.13. The van der Waals surface area contributed by atoms with Crippen molar-refractivity contribution in [3.05, 3.63) is 23.8 Å². The van der Waals surface area contributed by atoms with Gasteiger partial charge in [-0.15, -0.1) is 0 Å². The summed E-state index contributed by atoms with van der Waals surface area (Å²) in [5, 5.41) is 11.8. The summed E-state index contributed by atoms with van der Waals surface area (Å²) in [6, 6.07) is 4.81. The van der Waals surface area contributed by atoms with Gasteiger partial charge in [-0.05, 0) is 24.6 Å². The molecule has 0 radical (unpaired) electrons. The van der Waals surface area contributed by atoms with Crippen LogP contribution < -0.4 is 10.2 Å². The van der Waals surface area contributed by atoms with Crippen LogP contribution in [0.3, 0.4) is 0 Å². The second-order valence-electron chi connectivity index (χ2n) is 4.71. The fraction of sp³-hybridized carbons (Fsp3) is 0.467. The van der Waals surface area contributed by atoms with Gasteiger partial charge in [0.25, 0.3) is 0 Å². The van der Waals surface area contributed by atoms with Crippen LogP contribution in [0.25, 0.3) is 0 Å². The normalized spacial score (nSPS) is 10.2. The third-order valence-electron chi connectivity index (χ3n) is 3.10. The van der Waals surface area contributed by atoms with Crippen molar-refractivity contribution in [2.45, 2.75) is 33.1 Å². The lowest BCUT2D eigenvalue weighted by Crippen LogP contribution is -2.21. The van der Waals surface area contributed by atoms with Crippen LogP contribution in [0, 0.1) is 0 Å². The second kappa shape index (κ2) is 7.53. The highest BCUT2D eigenvalue weighted by atomic mass is 16.4. The number of amides is 1. The molecular formula is C15H22N2O3. The van der Waals surface area contributed by atoms with Crippen LogP contribution in [0.5, 0.6) is 0 Å². The number of carboxylic acid groups (broad SMARTS) is 1. The molecule has 110 valence electrons. The molecular weight excluding hydrogens is 256 g/mol. The SMILES string of the molecule is CCCCN(C)c1ccc(C(=O)O)cc1NC(=O)CC. The van der Waals surface area contributed by atoms with E-state index in [1.54, 1.807) is 19.1 Å². The van der Waals surface area contributed by atoms with E-state index < -0.39 is 5.97 Å². The Labute approximate surface area is 119 Å². The fourth-order valence-corrected chi connectivity index (χ4v) is 1.86. The number of carbonyl (C=O) groups excluding carboxylic acids is 1. The van der Waals surface area contributed by atoms with Crippen LogP contribution in [-0.2, 0) is 4.79 Å². The number of unbranched alkanes of at least 4 members (excludes halogenated alkanes) is 1. The van der Waals surface area contributed by atoms with Gasteiger partial charge in [0.2, 0.25) is 5.91 Å². The lowest BCUT2D eigenvalue weighted by molar-refractivity contribution is -0.115. The first-order chi connectivity index (χ1) is 9.49. The van der Waals surface area contributed by atoms with E-state index in [2.05, 4.69) is 12.2 Å². The first kappa shape index (κ1) is 16.0. The summed E-state index contributed by atoms with van der Waals surface area (Å²) in [6.45, 7) is 4.73. The molecule has 0 aliphatic rings. The highest BCUT2D eigenvalue weighted by molar-refractivity contribution is 5.97. The van der Waals surface area contributed by atoms with E-state index in [0.717, 1.165) is 25.1 Å². The lowest BCUT2D eigenvalue weighted by Gasteiger charge is -2.22. The van der Waals surface area contributed by atoms with Crippen LogP contribution in [-0.4, -0.2) is 30.6 Å². The van der Waals surface area contributed by atoms with Gasteiger partial charge < -0.3 is 15.3 Å². The minimum atomic E-state index is -1.00. The number of hydrogen-bond acceptors (Lipinski definition) is 3. The molecule has 1 aromatic rings. The number of nitrogens with zero attached hydrogens (tertiary/aromatic N) is 1. The van der Waals surface area contributed by atoms with Crippen molar-refractivity contribution in [2.75, 3.05) is 23.8 Å². The van der Waals surface area contributed by atoms with Crippen molar-refractivity contribution in [3.63, 3.8) is 0 Å². The zero-order chi connectivity index (χ0) is 15.1. The van der Waals surface area contributed by atoms with Crippen molar-refractivity contribution in [2.24, 2.45) is 0 Å². The molecule has 1 aromatic carbocycles. The Kier molecular flexibility index (Phi) is 6.03. The summed E-state index contributed by atoms with van der Waals surface area (Å²) in [7, 11) is 1.94. The Balaban J connectivity index is 3.07. The van der Waals surface area contributed by atoms with E-state index in [0.29, 0.717) is 12.1 Å². The summed E-state index contributed by atoms with van der Waals surface area (Å²) in [5.74, 6) is -1.13. The molecule has 0 saturated carbocycles. The van der Waals surface area contributed by atoms with Gasteiger partial charge in [-0.2, -0.15) is 0 Å². The lowest BCUT2D eigenvalue weighted by atomic mass is 10.1. The summed E-state index contributed by atoms with van der Waals surface area (Å²) in [4.78, 5) is 24.6. The molecule has 5 nitrogen and oxygen atoms in total. The van der Waals surface area contributed by atoms with Gasteiger partial charge in [-0.25, -0.2) is 4.79 Å². The third-order valence-corrected chi connectivity index (χ3v) is 3.10. The average molecular weight is 278 g/mol. The molecule has 5 heteroatoms. The summed E-state index contributed by atoms with van der Waals surface area (Å²) in [5.41, 5.74) is 1.56. The smallest absolute Gasteiger partial charge is 0.335 e. The van der Waals surface area contributed by atoms with E-state index in [9.17, 15) is 9.59 Å².